The maximum absolute atomic E-state index is 14.8. The van der Waals surface area contributed by atoms with E-state index in [1.54, 1.807) is 14.2 Å². The van der Waals surface area contributed by atoms with Crippen molar-refractivity contribution in [1.82, 2.24) is 9.88 Å². The van der Waals surface area contributed by atoms with E-state index in [1.165, 1.54) is 0 Å². The van der Waals surface area contributed by atoms with Crippen LogP contribution in [0.1, 0.15) is 29.7 Å². The lowest BCUT2D eigenvalue weighted by atomic mass is 9.99. The molecule has 1 saturated heterocycles. The molecular formula is C26H29F2N3O2. The van der Waals surface area contributed by atoms with Gasteiger partial charge in [0.15, 0.2) is 11.5 Å². The maximum atomic E-state index is 14.8. The van der Waals surface area contributed by atoms with Gasteiger partial charge in [-0.25, -0.2) is 8.78 Å². The lowest BCUT2D eigenvalue weighted by Crippen LogP contribution is -2.51. The molecular weight excluding hydrogens is 424 g/mol. The highest BCUT2D eigenvalue weighted by molar-refractivity contribution is 5.96. The number of alkyl halides is 2. The number of aromatic nitrogens is 1. The quantitative estimate of drug-likeness (QED) is 0.565. The zero-order valence-electron chi connectivity index (χ0n) is 19.0. The Hall–Kier alpha value is -2.93. The number of fused-ring (bicyclic) bond motifs is 2. The largest absolute Gasteiger partial charge is 0.493 e. The van der Waals surface area contributed by atoms with E-state index >= 15 is 0 Å². The van der Waals surface area contributed by atoms with E-state index in [0.29, 0.717) is 24.6 Å². The molecule has 5 rings (SSSR count). The van der Waals surface area contributed by atoms with Gasteiger partial charge in [-0.05, 0) is 36.5 Å². The van der Waals surface area contributed by atoms with Crippen LogP contribution in [0.4, 0.5) is 14.5 Å². The monoisotopic (exact) mass is 453 g/mol. The van der Waals surface area contributed by atoms with Gasteiger partial charge < -0.3 is 14.8 Å². The zero-order valence-corrected chi connectivity index (χ0v) is 19.0. The van der Waals surface area contributed by atoms with Gasteiger partial charge in [-0.3, -0.25) is 9.88 Å². The lowest BCUT2D eigenvalue weighted by Gasteiger charge is -2.38. The number of nitrogens with zero attached hydrogens (tertiary/aromatic N) is 2. The third kappa shape index (κ3) is 4.47. The van der Waals surface area contributed by atoms with Crippen LogP contribution in [0.25, 0.3) is 10.9 Å². The Kier molecular flexibility index (Phi) is 5.83. The average Bonchev–Trinajstić information content (AvgIpc) is 3.26. The molecule has 2 aliphatic rings. The highest BCUT2D eigenvalue weighted by Crippen LogP contribution is 2.41. The molecule has 2 aromatic carbocycles. The number of nitrogens with one attached hydrogen (secondary N) is 1. The number of hydrogen-bond acceptors (Lipinski definition) is 5. The molecule has 0 saturated carbocycles. The second-order valence-electron chi connectivity index (χ2n) is 9.05. The first-order valence-corrected chi connectivity index (χ1v) is 11.4. The Balaban J connectivity index is 1.49. The van der Waals surface area contributed by atoms with Crippen molar-refractivity contribution in [2.75, 3.05) is 32.6 Å². The van der Waals surface area contributed by atoms with Crippen molar-refractivity contribution < 1.29 is 18.3 Å². The highest BCUT2D eigenvalue weighted by Gasteiger charge is 2.40. The van der Waals surface area contributed by atoms with Crippen molar-refractivity contribution in [3.63, 3.8) is 0 Å². The van der Waals surface area contributed by atoms with Crippen molar-refractivity contribution in [3.05, 3.63) is 59.3 Å². The number of rotatable bonds is 6. The van der Waals surface area contributed by atoms with E-state index in [2.05, 4.69) is 5.32 Å². The van der Waals surface area contributed by atoms with Crippen LogP contribution in [0.5, 0.6) is 11.5 Å². The summed E-state index contributed by atoms with van der Waals surface area (Å²) >= 11 is 0. The van der Waals surface area contributed by atoms with Crippen molar-refractivity contribution in [1.29, 1.82) is 0 Å². The van der Waals surface area contributed by atoms with Crippen molar-refractivity contribution in [2.45, 2.75) is 44.2 Å². The number of methoxy groups -OCH3 is 2. The molecule has 174 valence electrons. The summed E-state index contributed by atoms with van der Waals surface area (Å²) in [6.45, 7) is 0.839. The third-order valence-corrected chi connectivity index (χ3v) is 6.59. The van der Waals surface area contributed by atoms with Crippen LogP contribution in [0, 0.1) is 0 Å². The molecule has 0 bridgehead atoms. The fraction of sp³-hybridized carbons (Fsp3) is 0.423. The summed E-state index contributed by atoms with van der Waals surface area (Å²) < 4.78 is 40.5. The molecule has 1 aromatic heterocycles. The number of pyridine rings is 1. The van der Waals surface area contributed by atoms with E-state index in [0.717, 1.165) is 52.7 Å². The van der Waals surface area contributed by atoms with Crippen molar-refractivity contribution >= 4 is 16.6 Å². The maximum Gasteiger partial charge on any atom is 0.262 e. The number of piperidine rings is 1. The minimum atomic E-state index is -2.75. The molecule has 0 spiro atoms. The summed E-state index contributed by atoms with van der Waals surface area (Å²) in [6, 6.07) is 13.2. The van der Waals surface area contributed by atoms with E-state index < -0.39 is 5.92 Å². The first kappa shape index (κ1) is 21.9. The van der Waals surface area contributed by atoms with Crippen LogP contribution < -0.4 is 14.8 Å². The Bertz CT molecular complexity index is 1150. The van der Waals surface area contributed by atoms with E-state index in [9.17, 15) is 8.78 Å². The van der Waals surface area contributed by atoms with Crippen LogP contribution in [0.3, 0.4) is 0 Å². The van der Waals surface area contributed by atoms with E-state index in [4.69, 9.17) is 14.5 Å². The average molecular weight is 454 g/mol. The predicted octanol–water partition coefficient (Wildman–Crippen LogP) is 5.06. The normalized spacial score (nSPS) is 19.9. The van der Waals surface area contributed by atoms with E-state index in [-0.39, 0.29) is 19.0 Å². The van der Waals surface area contributed by atoms with Gasteiger partial charge >= 0.3 is 0 Å². The molecule has 1 fully saturated rings. The van der Waals surface area contributed by atoms with Gasteiger partial charge in [0.05, 0.1) is 26.3 Å². The molecule has 1 N–H and O–H groups in total. The van der Waals surface area contributed by atoms with Crippen molar-refractivity contribution in [2.24, 2.45) is 0 Å². The topological polar surface area (TPSA) is 46.6 Å². The van der Waals surface area contributed by atoms with Crippen LogP contribution >= 0.6 is 0 Å². The molecule has 0 radical (unpaired) electrons. The number of aryl methyl sites for hydroxylation is 1. The summed E-state index contributed by atoms with van der Waals surface area (Å²) in [7, 11) is 3.20. The summed E-state index contributed by atoms with van der Waals surface area (Å²) in [4.78, 5) is 6.71. The molecule has 1 atom stereocenters. The van der Waals surface area contributed by atoms with Gasteiger partial charge in [0.1, 0.15) is 0 Å². The molecule has 5 nitrogen and oxygen atoms in total. The molecule has 2 heterocycles. The van der Waals surface area contributed by atoms with Gasteiger partial charge in [0.2, 0.25) is 0 Å². The second kappa shape index (κ2) is 8.78. The van der Waals surface area contributed by atoms with Crippen molar-refractivity contribution in [3.8, 4) is 11.5 Å². The fourth-order valence-corrected chi connectivity index (χ4v) is 5.21. The standard InChI is InChI=1S/C26H29F2N3O2/c1-32-23-11-20-22(12-24(23)33-2)30-21-10-6-9-19(21)25(20)29-18-13-26(27,28)16-31(15-18)14-17-7-4-3-5-8-17/h3-5,7-8,11-12,18H,6,9-10,13-16H2,1-2H3,(H,29,30). The Morgan fingerprint density at radius 1 is 1.09 bits per heavy atom. The van der Waals surface area contributed by atoms with Gasteiger partial charge in [-0.1, -0.05) is 30.3 Å². The fourth-order valence-electron chi connectivity index (χ4n) is 5.21. The van der Waals surface area contributed by atoms with Crippen LogP contribution in [-0.4, -0.2) is 49.2 Å². The number of halogens is 2. The Morgan fingerprint density at radius 2 is 1.85 bits per heavy atom. The predicted molar refractivity (Wildman–Crippen MR) is 126 cm³/mol. The molecule has 1 aliphatic heterocycles. The summed E-state index contributed by atoms with van der Waals surface area (Å²) in [6.07, 6.45) is 2.62. The number of likely N-dealkylation sites (tertiary alicyclic amines) is 1. The smallest absolute Gasteiger partial charge is 0.262 e. The summed E-state index contributed by atoms with van der Waals surface area (Å²) in [5.74, 6) is -1.54. The summed E-state index contributed by atoms with van der Waals surface area (Å²) in [5.41, 5.74) is 4.93. The second-order valence-corrected chi connectivity index (χ2v) is 9.05. The number of benzene rings is 2. The molecule has 33 heavy (non-hydrogen) atoms. The number of hydrogen-bond donors (Lipinski definition) is 1. The number of ether oxygens (including phenoxy) is 2. The molecule has 1 aliphatic carbocycles. The lowest BCUT2D eigenvalue weighted by molar-refractivity contribution is -0.0701. The third-order valence-electron chi connectivity index (χ3n) is 6.59. The minimum absolute atomic E-state index is 0.190. The van der Waals surface area contributed by atoms with Gasteiger partial charge in [0.25, 0.3) is 5.92 Å². The van der Waals surface area contributed by atoms with Gasteiger partial charge in [0, 0.05) is 48.4 Å². The molecule has 3 aromatic rings. The number of anilines is 1. The van der Waals surface area contributed by atoms with Crippen LogP contribution in [0.2, 0.25) is 0 Å². The molecule has 1 unspecified atom stereocenters. The molecule has 0 amide bonds. The zero-order chi connectivity index (χ0) is 23.0. The van der Waals surface area contributed by atoms with Gasteiger partial charge in [-0.15, -0.1) is 0 Å². The first-order valence-electron chi connectivity index (χ1n) is 11.4. The minimum Gasteiger partial charge on any atom is -0.493 e. The van der Waals surface area contributed by atoms with Gasteiger partial charge in [-0.2, -0.15) is 0 Å². The van der Waals surface area contributed by atoms with Crippen LogP contribution in [0.15, 0.2) is 42.5 Å². The SMILES string of the molecule is COc1cc2nc3c(c(NC4CN(Cc5ccccc5)CC(F)(F)C4)c2cc1OC)CCC3. The summed E-state index contributed by atoms with van der Waals surface area (Å²) in [5, 5.41) is 4.41. The Morgan fingerprint density at radius 3 is 2.61 bits per heavy atom. The van der Waals surface area contributed by atoms with Crippen LogP contribution in [-0.2, 0) is 19.4 Å². The Labute approximate surface area is 192 Å². The highest BCUT2D eigenvalue weighted by atomic mass is 19.3. The first-order chi connectivity index (χ1) is 16.0. The molecule has 7 heteroatoms. The van der Waals surface area contributed by atoms with E-state index in [1.807, 2.05) is 47.4 Å².